The predicted octanol–water partition coefficient (Wildman–Crippen LogP) is 0.492. The lowest BCUT2D eigenvalue weighted by molar-refractivity contribution is -0.0979. The van der Waals surface area contributed by atoms with Crippen LogP contribution in [0, 0.1) is 0 Å². The first-order chi connectivity index (χ1) is 5.43. The summed E-state index contributed by atoms with van der Waals surface area (Å²) in [5.41, 5.74) is 5.42. The van der Waals surface area contributed by atoms with E-state index < -0.39 is 0 Å². The molecule has 68 valence electrons. The average Bonchev–Trinajstić information content (AvgIpc) is 2.11. The Morgan fingerprint density at radius 1 is 1.27 bits per heavy atom. The molecule has 0 spiro atoms. The average molecular weight is 160 g/mol. The van der Waals surface area contributed by atoms with Crippen LogP contribution in [-0.2, 0) is 4.79 Å². The van der Waals surface area contributed by atoms with Crippen molar-refractivity contribution in [1.29, 1.82) is 0 Å². The van der Waals surface area contributed by atoms with Crippen molar-refractivity contribution in [2.45, 2.75) is 19.3 Å². The van der Waals surface area contributed by atoms with E-state index in [4.69, 9.17) is 10.5 Å². The third kappa shape index (κ3) is 4.93. The first-order valence-electron chi connectivity index (χ1n) is 4.15. The Hall–Kier alpha value is -0.410. The largest absolute Gasteiger partial charge is 0.329 e. The summed E-state index contributed by atoms with van der Waals surface area (Å²) in [6.45, 7) is 6.47. The molecule has 0 aromatic rings. The van der Waals surface area contributed by atoms with Crippen LogP contribution in [0.1, 0.15) is 20.7 Å². The lowest BCUT2D eigenvalue weighted by Gasteiger charge is -2.25. The van der Waals surface area contributed by atoms with Crippen LogP contribution in [0.25, 0.3) is 0 Å². The van der Waals surface area contributed by atoms with Crippen LogP contribution in [0.2, 0.25) is 0 Å². The predicted molar refractivity (Wildman–Crippen MR) is 48.6 cm³/mol. The second-order valence-electron chi connectivity index (χ2n) is 2.69. The molecule has 0 aliphatic carbocycles. The maximum Gasteiger partial charge on any atom is 0.106 e. The molecule has 1 rings (SSSR count). The van der Waals surface area contributed by atoms with Crippen LogP contribution in [0.3, 0.4) is 0 Å². The zero-order valence-corrected chi connectivity index (χ0v) is 7.09. The van der Waals surface area contributed by atoms with Crippen LogP contribution in [0.5, 0.6) is 0 Å². The Morgan fingerprint density at radius 2 is 1.82 bits per heavy atom. The van der Waals surface area contributed by atoms with Crippen LogP contribution < -0.4 is 5.73 Å². The van der Waals surface area contributed by atoms with Crippen molar-refractivity contribution in [3.8, 4) is 0 Å². The van der Waals surface area contributed by atoms with Gasteiger partial charge < -0.3 is 15.4 Å². The van der Waals surface area contributed by atoms with Crippen molar-refractivity contribution < 1.29 is 6.22 Å². The highest BCUT2D eigenvalue weighted by Gasteiger charge is 2.07. The Morgan fingerprint density at radius 3 is 2.27 bits per heavy atom. The van der Waals surface area contributed by atoms with Crippen LogP contribution in [0.15, 0.2) is 0 Å². The van der Waals surface area contributed by atoms with Gasteiger partial charge in [-0.2, -0.15) is 0 Å². The van der Waals surface area contributed by atoms with Gasteiger partial charge in [0.1, 0.15) is 6.79 Å². The van der Waals surface area contributed by atoms with E-state index in [-0.39, 0.29) is 1.43 Å². The van der Waals surface area contributed by atoms with E-state index in [1.165, 1.54) is 32.4 Å². The molecule has 3 heteroatoms. The highest BCUT2D eigenvalue weighted by molar-refractivity contribution is 5.10. The normalized spacial score (nSPS) is 18.6. The molecule has 0 aromatic carbocycles. The summed E-state index contributed by atoms with van der Waals surface area (Å²) in [5.74, 6) is 0. The first-order valence-corrected chi connectivity index (χ1v) is 4.15. The number of carbonyl (C=O) groups excluding carboxylic acids is 1. The van der Waals surface area contributed by atoms with E-state index in [1.807, 2.05) is 6.79 Å². The molecule has 0 aromatic heterocycles. The molecule has 2 N–H and O–H groups in total. The minimum atomic E-state index is 0. The van der Waals surface area contributed by atoms with Crippen LogP contribution in [-0.4, -0.2) is 37.9 Å². The number of piperidine rings is 1. The second-order valence-corrected chi connectivity index (χ2v) is 2.69. The summed E-state index contributed by atoms with van der Waals surface area (Å²) < 4.78 is 0. The summed E-state index contributed by atoms with van der Waals surface area (Å²) in [6.07, 6.45) is 4.17. The number of hydrogen-bond acceptors (Lipinski definition) is 3. The number of rotatable bonds is 2. The van der Waals surface area contributed by atoms with Gasteiger partial charge in [0.25, 0.3) is 0 Å². The molecule has 1 heterocycles. The SMILES string of the molecule is C=O.NCCN1CCCCC1.[HH]. The molecule has 3 nitrogen and oxygen atoms in total. The standard InChI is InChI=1S/C7H16N2.CH2O.H2/c8-4-7-9-5-2-1-3-6-9;1-2;/h1-8H2;1H2;1H. The molecular formula is C8H20N2O. The number of nitrogens with two attached hydrogens (primary N) is 1. The summed E-state index contributed by atoms with van der Waals surface area (Å²) in [4.78, 5) is 10.4. The molecule has 0 amide bonds. The van der Waals surface area contributed by atoms with Gasteiger partial charge in [0, 0.05) is 14.5 Å². The molecule has 0 atom stereocenters. The van der Waals surface area contributed by atoms with Crippen LogP contribution in [0.4, 0.5) is 0 Å². The molecule has 0 bridgehead atoms. The van der Waals surface area contributed by atoms with Crippen molar-refractivity contribution in [2.75, 3.05) is 26.2 Å². The van der Waals surface area contributed by atoms with Gasteiger partial charge in [-0.3, -0.25) is 0 Å². The molecule has 1 aliphatic heterocycles. The van der Waals surface area contributed by atoms with E-state index in [2.05, 4.69) is 4.90 Å². The van der Waals surface area contributed by atoms with Gasteiger partial charge in [-0.15, -0.1) is 0 Å². The van der Waals surface area contributed by atoms with Crippen molar-refractivity contribution in [3.63, 3.8) is 0 Å². The number of carbonyl (C=O) groups is 1. The minimum Gasteiger partial charge on any atom is -0.329 e. The van der Waals surface area contributed by atoms with E-state index in [0.29, 0.717) is 0 Å². The quantitative estimate of drug-likeness (QED) is 0.639. The molecule has 1 fully saturated rings. The fourth-order valence-corrected chi connectivity index (χ4v) is 1.37. The van der Waals surface area contributed by atoms with Crippen molar-refractivity contribution in [3.05, 3.63) is 0 Å². The fraction of sp³-hybridized carbons (Fsp3) is 0.875. The summed E-state index contributed by atoms with van der Waals surface area (Å²) in [5, 5.41) is 0. The molecule has 0 unspecified atom stereocenters. The van der Waals surface area contributed by atoms with Gasteiger partial charge in [0.15, 0.2) is 0 Å². The van der Waals surface area contributed by atoms with Gasteiger partial charge in [-0.05, 0) is 25.9 Å². The number of hydrogen-bond donors (Lipinski definition) is 1. The van der Waals surface area contributed by atoms with Gasteiger partial charge >= 0.3 is 0 Å². The van der Waals surface area contributed by atoms with Gasteiger partial charge in [0.05, 0.1) is 0 Å². The van der Waals surface area contributed by atoms with E-state index in [1.54, 1.807) is 0 Å². The topological polar surface area (TPSA) is 46.3 Å². The lowest BCUT2D eigenvalue weighted by atomic mass is 10.1. The summed E-state index contributed by atoms with van der Waals surface area (Å²) >= 11 is 0. The van der Waals surface area contributed by atoms with Crippen molar-refractivity contribution >= 4 is 6.79 Å². The number of likely N-dealkylation sites (tertiary alicyclic amines) is 1. The van der Waals surface area contributed by atoms with E-state index in [9.17, 15) is 0 Å². The second kappa shape index (κ2) is 7.69. The summed E-state index contributed by atoms with van der Waals surface area (Å²) in [6, 6.07) is 0. The first kappa shape index (κ1) is 10.6. The third-order valence-electron chi connectivity index (χ3n) is 1.89. The maximum absolute atomic E-state index is 8.00. The van der Waals surface area contributed by atoms with Crippen LogP contribution >= 0.6 is 0 Å². The zero-order chi connectivity index (χ0) is 8.53. The monoisotopic (exact) mass is 160 g/mol. The van der Waals surface area contributed by atoms with Crippen molar-refractivity contribution in [1.82, 2.24) is 4.90 Å². The Kier molecular flexibility index (Phi) is 7.41. The third-order valence-corrected chi connectivity index (χ3v) is 1.89. The smallest absolute Gasteiger partial charge is 0.106 e. The Bertz CT molecular complexity index is 84.4. The molecular weight excluding hydrogens is 140 g/mol. The Labute approximate surface area is 70.0 Å². The molecule has 1 saturated heterocycles. The van der Waals surface area contributed by atoms with Gasteiger partial charge in [0.2, 0.25) is 0 Å². The fourth-order valence-electron chi connectivity index (χ4n) is 1.37. The highest BCUT2D eigenvalue weighted by Crippen LogP contribution is 2.06. The molecule has 0 radical (unpaired) electrons. The minimum absolute atomic E-state index is 0. The molecule has 0 saturated carbocycles. The van der Waals surface area contributed by atoms with Gasteiger partial charge in [-0.1, -0.05) is 6.42 Å². The highest BCUT2D eigenvalue weighted by atomic mass is 16.1. The number of nitrogens with zero attached hydrogens (tertiary/aromatic N) is 1. The maximum atomic E-state index is 8.00. The van der Waals surface area contributed by atoms with E-state index >= 15 is 0 Å². The Balaban J connectivity index is 0. The zero-order valence-electron chi connectivity index (χ0n) is 7.09. The summed E-state index contributed by atoms with van der Waals surface area (Å²) in [7, 11) is 0. The van der Waals surface area contributed by atoms with Gasteiger partial charge in [-0.25, -0.2) is 0 Å². The lowest BCUT2D eigenvalue weighted by Crippen LogP contribution is -2.33. The molecule has 1 aliphatic rings. The van der Waals surface area contributed by atoms with E-state index in [0.717, 1.165) is 13.1 Å². The van der Waals surface area contributed by atoms with Crippen molar-refractivity contribution in [2.24, 2.45) is 5.73 Å². The molecule has 11 heavy (non-hydrogen) atoms.